The molecule has 2 aliphatic carbocycles. The number of furan rings is 1. The van der Waals surface area contributed by atoms with Gasteiger partial charge < -0.3 is 19.2 Å². The van der Waals surface area contributed by atoms with Crippen molar-refractivity contribution in [1.82, 2.24) is 5.32 Å². The summed E-state index contributed by atoms with van der Waals surface area (Å²) in [6.07, 6.45) is 7.70. The van der Waals surface area contributed by atoms with Crippen molar-refractivity contribution in [3.05, 3.63) is 88.5 Å². The van der Waals surface area contributed by atoms with Gasteiger partial charge in [0.05, 0.1) is 18.9 Å². The molecule has 6 rings (SSSR count). The molecular formula is C32H33NO5. The van der Waals surface area contributed by atoms with E-state index in [4.69, 9.17) is 13.9 Å². The molecule has 0 radical (unpaired) electrons. The van der Waals surface area contributed by atoms with Gasteiger partial charge in [-0.25, -0.2) is 4.79 Å². The van der Waals surface area contributed by atoms with E-state index in [0.717, 1.165) is 64.9 Å². The number of Topliss-reactive ketones (excluding diaryl/α,β-unsaturated/α-hetero) is 1. The second kappa shape index (κ2) is 10.2. The van der Waals surface area contributed by atoms with Gasteiger partial charge in [-0.3, -0.25) is 4.79 Å². The molecule has 1 saturated carbocycles. The Morgan fingerprint density at radius 1 is 1.03 bits per heavy atom. The third-order valence-electron chi connectivity index (χ3n) is 8.27. The van der Waals surface area contributed by atoms with E-state index in [1.165, 1.54) is 6.42 Å². The van der Waals surface area contributed by atoms with Gasteiger partial charge in [0.15, 0.2) is 5.78 Å². The van der Waals surface area contributed by atoms with Crippen LogP contribution < -0.4 is 10.1 Å². The number of carbonyl (C=O) groups is 2. The molecule has 3 aromatic rings. The van der Waals surface area contributed by atoms with Gasteiger partial charge in [0.1, 0.15) is 17.4 Å². The topological polar surface area (TPSA) is 77.8 Å². The Hall–Kier alpha value is -3.80. The van der Waals surface area contributed by atoms with Gasteiger partial charge >= 0.3 is 5.97 Å². The Kier molecular flexibility index (Phi) is 6.56. The summed E-state index contributed by atoms with van der Waals surface area (Å²) in [4.78, 5) is 27.7. The normalized spacial score (nSPS) is 22.3. The van der Waals surface area contributed by atoms with E-state index in [1.807, 2.05) is 55.5 Å². The highest BCUT2D eigenvalue weighted by molar-refractivity contribution is 6.04. The molecule has 0 saturated heterocycles. The van der Waals surface area contributed by atoms with Crippen molar-refractivity contribution in [2.24, 2.45) is 0 Å². The number of dihydropyridines is 1. The van der Waals surface area contributed by atoms with Crippen LogP contribution >= 0.6 is 0 Å². The van der Waals surface area contributed by atoms with Crippen LogP contribution in [0.3, 0.4) is 0 Å². The van der Waals surface area contributed by atoms with Crippen molar-refractivity contribution >= 4 is 22.7 Å². The van der Waals surface area contributed by atoms with Crippen LogP contribution in [-0.2, 0) is 14.3 Å². The molecule has 1 fully saturated rings. The lowest BCUT2D eigenvalue weighted by Crippen LogP contribution is -2.37. The fourth-order valence-corrected chi connectivity index (χ4v) is 6.42. The van der Waals surface area contributed by atoms with Gasteiger partial charge in [-0.1, -0.05) is 36.8 Å². The van der Waals surface area contributed by atoms with Crippen LogP contribution in [0.5, 0.6) is 5.75 Å². The smallest absolute Gasteiger partial charge is 0.337 e. The van der Waals surface area contributed by atoms with E-state index in [2.05, 4.69) is 5.32 Å². The number of allylic oxidation sites excluding steroid dienone is 3. The molecular weight excluding hydrogens is 478 g/mol. The zero-order chi connectivity index (χ0) is 26.2. The van der Waals surface area contributed by atoms with Crippen molar-refractivity contribution in [3.8, 4) is 5.75 Å². The van der Waals surface area contributed by atoms with Crippen molar-refractivity contribution in [3.63, 3.8) is 0 Å². The summed E-state index contributed by atoms with van der Waals surface area (Å²) in [6, 6.07) is 15.7. The van der Waals surface area contributed by atoms with Crippen molar-refractivity contribution < 1.29 is 23.5 Å². The van der Waals surface area contributed by atoms with Crippen LogP contribution in [0.2, 0.25) is 0 Å². The molecule has 0 bridgehead atoms. The maximum atomic E-state index is 13.9. The zero-order valence-corrected chi connectivity index (χ0v) is 21.9. The number of ether oxygens (including phenoxy) is 2. The van der Waals surface area contributed by atoms with Crippen LogP contribution in [0.1, 0.15) is 74.8 Å². The van der Waals surface area contributed by atoms with Crippen molar-refractivity contribution in [2.45, 2.75) is 69.8 Å². The van der Waals surface area contributed by atoms with Crippen LogP contribution in [0, 0.1) is 0 Å². The van der Waals surface area contributed by atoms with E-state index in [1.54, 1.807) is 13.4 Å². The fourth-order valence-electron chi connectivity index (χ4n) is 6.42. The number of esters is 1. The zero-order valence-electron chi connectivity index (χ0n) is 21.9. The van der Waals surface area contributed by atoms with E-state index >= 15 is 0 Å². The first-order chi connectivity index (χ1) is 18.5. The fraction of sp³-hybridized carbons (Fsp3) is 0.375. The molecule has 196 valence electrons. The number of rotatable bonds is 5. The molecule has 2 aromatic carbocycles. The number of carbonyl (C=O) groups excluding carboxylic acids is 2. The lowest BCUT2D eigenvalue weighted by molar-refractivity contribution is -0.146. The second-order valence-corrected chi connectivity index (χ2v) is 10.6. The molecule has 6 nitrogen and oxygen atoms in total. The molecule has 0 amide bonds. The first-order valence-corrected chi connectivity index (χ1v) is 13.6. The summed E-state index contributed by atoms with van der Waals surface area (Å²) in [5.74, 6) is -0.0362. The first-order valence-electron chi connectivity index (χ1n) is 13.6. The standard InChI is InChI=1S/C32H33NO5/c1-19-29(32(35)38-23-8-4-3-5-9-23)30(21-13-12-20-14-15-37-28(20)18-21)31-25(33-19)16-22(17-26(31)34)24-10-6-7-11-27(24)36-2/h6-7,10-15,18,22-23,30,33H,3-5,8-9,16-17H2,1-2H3/t22?,30-/m1/s1. The number of ketones is 1. The third-order valence-corrected chi connectivity index (χ3v) is 8.27. The number of fused-ring (bicyclic) bond motifs is 1. The van der Waals surface area contributed by atoms with E-state index in [0.29, 0.717) is 24.0 Å². The van der Waals surface area contributed by atoms with Crippen molar-refractivity contribution in [1.29, 1.82) is 0 Å². The van der Waals surface area contributed by atoms with E-state index < -0.39 is 5.92 Å². The SMILES string of the molecule is COc1ccccc1C1CC(=O)C2=C(C1)NC(C)=C(C(=O)OC1CCCCC1)[C@H]2c1ccc2ccoc2c1. The summed E-state index contributed by atoms with van der Waals surface area (Å²) >= 11 is 0. The lowest BCUT2D eigenvalue weighted by Gasteiger charge is -2.37. The van der Waals surface area contributed by atoms with E-state index in [-0.39, 0.29) is 23.8 Å². The summed E-state index contributed by atoms with van der Waals surface area (Å²) < 4.78 is 17.4. The van der Waals surface area contributed by atoms with Crippen molar-refractivity contribution in [2.75, 3.05) is 7.11 Å². The third kappa shape index (κ3) is 4.42. The quantitative estimate of drug-likeness (QED) is 0.385. The molecule has 1 aromatic heterocycles. The average Bonchev–Trinajstić information content (AvgIpc) is 3.40. The Balaban J connectivity index is 1.41. The predicted octanol–water partition coefficient (Wildman–Crippen LogP) is 6.68. The Morgan fingerprint density at radius 3 is 2.66 bits per heavy atom. The number of para-hydroxylation sites is 1. The summed E-state index contributed by atoms with van der Waals surface area (Å²) in [6.45, 7) is 1.91. The summed E-state index contributed by atoms with van der Waals surface area (Å²) in [7, 11) is 1.66. The summed E-state index contributed by atoms with van der Waals surface area (Å²) in [5, 5.41) is 4.44. The highest BCUT2D eigenvalue weighted by Crippen LogP contribution is 2.47. The molecule has 38 heavy (non-hydrogen) atoms. The Bertz CT molecular complexity index is 1460. The monoisotopic (exact) mass is 511 g/mol. The molecule has 0 spiro atoms. The Morgan fingerprint density at radius 2 is 1.84 bits per heavy atom. The molecule has 6 heteroatoms. The number of hydrogen-bond acceptors (Lipinski definition) is 6. The molecule has 1 unspecified atom stereocenters. The van der Waals surface area contributed by atoms with Gasteiger partial charge in [-0.05, 0) is 68.4 Å². The van der Waals surface area contributed by atoms with Gasteiger partial charge in [-0.15, -0.1) is 0 Å². The van der Waals surface area contributed by atoms with Gasteiger partial charge in [0, 0.05) is 40.6 Å². The highest BCUT2D eigenvalue weighted by atomic mass is 16.5. The molecule has 2 heterocycles. The van der Waals surface area contributed by atoms with Gasteiger partial charge in [0.25, 0.3) is 0 Å². The van der Waals surface area contributed by atoms with Crippen LogP contribution in [0.25, 0.3) is 11.0 Å². The first kappa shape index (κ1) is 24.5. The molecule has 1 aliphatic heterocycles. The molecule has 2 atom stereocenters. The number of benzene rings is 2. The van der Waals surface area contributed by atoms with Gasteiger partial charge in [0.2, 0.25) is 0 Å². The predicted molar refractivity (Wildman–Crippen MR) is 145 cm³/mol. The maximum Gasteiger partial charge on any atom is 0.337 e. The van der Waals surface area contributed by atoms with E-state index in [9.17, 15) is 9.59 Å². The number of methoxy groups -OCH3 is 1. The van der Waals surface area contributed by atoms with Gasteiger partial charge in [-0.2, -0.15) is 0 Å². The lowest BCUT2D eigenvalue weighted by atomic mass is 9.71. The van der Waals surface area contributed by atoms with Crippen LogP contribution in [0.4, 0.5) is 0 Å². The highest BCUT2D eigenvalue weighted by Gasteiger charge is 2.42. The number of nitrogens with one attached hydrogen (secondary N) is 1. The molecule has 1 N–H and O–H groups in total. The van der Waals surface area contributed by atoms with Crippen LogP contribution in [0.15, 0.2) is 81.8 Å². The maximum absolute atomic E-state index is 13.9. The average molecular weight is 512 g/mol. The second-order valence-electron chi connectivity index (χ2n) is 10.6. The minimum absolute atomic E-state index is 0.0124. The summed E-state index contributed by atoms with van der Waals surface area (Å²) in [5.41, 5.74) is 5.40. The number of hydrogen-bond donors (Lipinski definition) is 1. The van der Waals surface area contributed by atoms with Crippen LogP contribution in [-0.4, -0.2) is 25.0 Å². The molecule has 3 aliphatic rings. The Labute approximate surface area is 222 Å². The largest absolute Gasteiger partial charge is 0.496 e. The minimum Gasteiger partial charge on any atom is -0.496 e. The minimum atomic E-state index is -0.511.